The summed E-state index contributed by atoms with van der Waals surface area (Å²) in [5.41, 5.74) is 0. The van der Waals surface area contributed by atoms with Crippen LogP contribution in [-0.4, -0.2) is 42.5 Å². The van der Waals surface area contributed by atoms with Crippen LogP contribution in [0.2, 0.25) is 0 Å². The van der Waals surface area contributed by atoms with E-state index in [1.807, 2.05) is 7.05 Å². The Morgan fingerprint density at radius 2 is 2.33 bits per heavy atom. The number of nitrogens with zero attached hydrogens (tertiary/aromatic N) is 2. The molecule has 12 heavy (non-hydrogen) atoms. The summed E-state index contributed by atoms with van der Waals surface area (Å²) in [6.45, 7) is 4.34. The Hall–Kier alpha value is -0.410. The SMILES string of the molecule is CCCN1CCCC(C=O)N1C. The summed E-state index contributed by atoms with van der Waals surface area (Å²) in [6, 6.07) is 0.116. The van der Waals surface area contributed by atoms with Crippen LogP contribution in [0.1, 0.15) is 26.2 Å². The lowest BCUT2D eigenvalue weighted by atomic mass is 10.1. The van der Waals surface area contributed by atoms with Crippen molar-refractivity contribution >= 4 is 6.29 Å². The predicted molar refractivity (Wildman–Crippen MR) is 48.7 cm³/mol. The minimum Gasteiger partial charge on any atom is -0.302 e. The van der Waals surface area contributed by atoms with Crippen molar-refractivity contribution < 1.29 is 4.79 Å². The maximum absolute atomic E-state index is 10.7. The molecule has 3 nitrogen and oxygen atoms in total. The first-order chi connectivity index (χ1) is 5.79. The van der Waals surface area contributed by atoms with Gasteiger partial charge in [0.25, 0.3) is 0 Å². The zero-order chi connectivity index (χ0) is 8.97. The fraction of sp³-hybridized carbons (Fsp3) is 0.889. The van der Waals surface area contributed by atoms with Crippen LogP contribution in [0, 0.1) is 0 Å². The highest BCUT2D eigenvalue weighted by Gasteiger charge is 2.23. The highest BCUT2D eigenvalue weighted by molar-refractivity contribution is 5.57. The molecule has 1 aliphatic heterocycles. The Morgan fingerprint density at radius 3 is 2.92 bits per heavy atom. The lowest BCUT2D eigenvalue weighted by Crippen LogP contribution is -2.51. The largest absolute Gasteiger partial charge is 0.302 e. The van der Waals surface area contributed by atoms with Crippen molar-refractivity contribution in [2.24, 2.45) is 0 Å². The molecule has 1 heterocycles. The van der Waals surface area contributed by atoms with Gasteiger partial charge in [-0.2, -0.15) is 0 Å². The smallest absolute Gasteiger partial charge is 0.138 e. The summed E-state index contributed by atoms with van der Waals surface area (Å²) in [5, 5.41) is 4.35. The molecule has 0 spiro atoms. The monoisotopic (exact) mass is 170 g/mol. The maximum Gasteiger partial charge on any atom is 0.138 e. The fourth-order valence-electron chi connectivity index (χ4n) is 1.72. The number of likely N-dealkylation sites (N-methyl/N-ethyl adjacent to an activating group) is 1. The zero-order valence-corrected chi connectivity index (χ0v) is 7.99. The molecule has 0 amide bonds. The second kappa shape index (κ2) is 4.58. The minimum atomic E-state index is 0.116. The van der Waals surface area contributed by atoms with E-state index in [1.165, 1.54) is 0 Å². The number of hydrogen-bond acceptors (Lipinski definition) is 3. The summed E-state index contributed by atoms with van der Waals surface area (Å²) in [7, 11) is 2.01. The second-order valence-corrected chi connectivity index (χ2v) is 3.37. The summed E-state index contributed by atoms with van der Waals surface area (Å²) >= 11 is 0. The van der Waals surface area contributed by atoms with E-state index in [0.717, 1.165) is 38.6 Å². The van der Waals surface area contributed by atoms with Crippen molar-refractivity contribution in [2.45, 2.75) is 32.2 Å². The Balaban J connectivity index is 2.46. The topological polar surface area (TPSA) is 23.6 Å². The van der Waals surface area contributed by atoms with E-state index in [4.69, 9.17) is 0 Å². The van der Waals surface area contributed by atoms with E-state index >= 15 is 0 Å². The third-order valence-electron chi connectivity index (χ3n) is 2.48. The van der Waals surface area contributed by atoms with Gasteiger partial charge in [0.1, 0.15) is 6.29 Å². The number of rotatable bonds is 3. The van der Waals surface area contributed by atoms with Crippen LogP contribution in [0.25, 0.3) is 0 Å². The van der Waals surface area contributed by atoms with Gasteiger partial charge in [0.15, 0.2) is 0 Å². The van der Waals surface area contributed by atoms with Gasteiger partial charge in [-0.05, 0) is 19.3 Å². The molecule has 70 valence electrons. The highest BCUT2D eigenvalue weighted by Crippen LogP contribution is 2.14. The van der Waals surface area contributed by atoms with Crippen molar-refractivity contribution in [2.75, 3.05) is 20.1 Å². The van der Waals surface area contributed by atoms with Gasteiger partial charge in [-0.3, -0.25) is 0 Å². The summed E-state index contributed by atoms with van der Waals surface area (Å²) in [5.74, 6) is 0. The lowest BCUT2D eigenvalue weighted by molar-refractivity contribution is -0.125. The van der Waals surface area contributed by atoms with Crippen molar-refractivity contribution in [3.63, 3.8) is 0 Å². The highest BCUT2D eigenvalue weighted by atomic mass is 16.1. The van der Waals surface area contributed by atoms with Crippen LogP contribution < -0.4 is 0 Å². The standard InChI is InChI=1S/C9H18N2O/c1-3-6-11-7-4-5-9(8-12)10(11)2/h8-9H,3-7H2,1-2H3. The van der Waals surface area contributed by atoms with Gasteiger partial charge in [-0.1, -0.05) is 6.92 Å². The molecule has 3 heteroatoms. The van der Waals surface area contributed by atoms with Crippen LogP contribution in [0.15, 0.2) is 0 Å². The molecule has 0 radical (unpaired) electrons. The third kappa shape index (κ3) is 2.05. The van der Waals surface area contributed by atoms with Gasteiger partial charge in [-0.25, -0.2) is 10.0 Å². The predicted octanol–water partition coefficient (Wildman–Crippen LogP) is 0.907. The Kier molecular flexibility index (Phi) is 3.69. The number of hydrazine groups is 1. The average molecular weight is 170 g/mol. The van der Waals surface area contributed by atoms with Crippen LogP contribution in [0.5, 0.6) is 0 Å². The summed E-state index contributed by atoms with van der Waals surface area (Å²) in [6.07, 6.45) is 4.37. The first kappa shape index (κ1) is 9.68. The van der Waals surface area contributed by atoms with Gasteiger partial charge in [0, 0.05) is 20.1 Å². The molecule has 1 unspecified atom stereocenters. The van der Waals surface area contributed by atoms with E-state index in [-0.39, 0.29) is 6.04 Å². The Morgan fingerprint density at radius 1 is 1.58 bits per heavy atom. The van der Waals surface area contributed by atoms with Crippen molar-refractivity contribution in [1.82, 2.24) is 10.0 Å². The summed E-state index contributed by atoms with van der Waals surface area (Å²) in [4.78, 5) is 10.7. The molecule has 1 fully saturated rings. The lowest BCUT2D eigenvalue weighted by Gasteiger charge is -2.39. The van der Waals surface area contributed by atoms with Gasteiger partial charge in [0.2, 0.25) is 0 Å². The molecule has 0 aromatic carbocycles. The molecular formula is C9H18N2O. The van der Waals surface area contributed by atoms with Gasteiger partial charge in [-0.15, -0.1) is 0 Å². The van der Waals surface area contributed by atoms with Crippen LogP contribution in [0.4, 0.5) is 0 Å². The van der Waals surface area contributed by atoms with Crippen LogP contribution in [0.3, 0.4) is 0 Å². The number of carbonyl (C=O) groups is 1. The van der Waals surface area contributed by atoms with Crippen LogP contribution in [-0.2, 0) is 4.79 Å². The Labute approximate surface area is 74.3 Å². The maximum atomic E-state index is 10.7. The van der Waals surface area contributed by atoms with Gasteiger partial charge >= 0.3 is 0 Å². The number of hydrogen-bond donors (Lipinski definition) is 0. The van der Waals surface area contributed by atoms with Crippen molar-refractivity contribution in [3.05, 3.63) is 0 Å². The van der Waals surface area contributed by atoms with E-state index in [9.17, 15) is 4.79 Å². The quantitative estimate of drug-likeness (QED) is 0.588. The molecular weight excluding hydrogens is 152 g/mol. The summed E-state index contributed by atoms with van der Waals surface area (Å²) < 4.78 is 0. The van der Waals surface area contributed by atoms with E-state index in [1.54, 1.807) is 0 Å². The van der Waals surface area contributed by atoms with Crippen molar-refractivity contribution in [3.8, 4) is 0 Å². The molecule has 0 saturated carbocycles. The Bertz CT molecular complexity index is 147. The van der Waals surface area contributed by atoms with Crippen LogP contribution >= 0.6 is 0 Å². The average Bonchev–Trinajstić information content (AvgIpc) is 2.09. The van der Waals surface area contributed by atoms with Crippen molar-refractivity contribution in [1.29, 1.82) is 0 Å². The zero-order valence-electron chi connectivity index (χ0n) is 7.99. The first-order valence-electron chi connectivity index (χ1n) is 4.72. The van der Waals surface area contributed by atoms with E-state index in [0.29, 0.717) is 0 Å². The normalized spacial score (nSPS) is 27.3. The van der Waals surface area contributed by atoms with Gasteiger partial charge in [0.05, 0.1) is 6.04 Å². The van der Waals surface area contributed by atoms with E-state index in [2.05, 4.69) is 16.9 Å². The van der Waals surface area contributed by atoms with E-state index < -0.39 is 0 Å². The fourth-order valence-corrected chi connectivity index (χ4v) is 1.72. The molecule has 1 rings (SSSR count). The second-order valence-electron chi connectivity index (χ2n) is 3.37. The molecule has 1 saturated heterocycles. The molecule has 1 atom stereocenters. The third-order valence-corrected chi connectivity index (χ3v) is 2.48. The molecule has 0 aliphatic carbocycles. The molecule has 0 aromatic rings. The molecule has 0 bridgehead atoms. The number of aldehydes is 1. The molecule has 0 aromatic heterocycles. The minimum absolute atomic E-state index is 0.116. The van der Waals surface area contributed by atoms with Gasteiger partial charge < -0.3 is 4.79 Å². The number of carbonyl (C=O) groups excluding carboxylic acids is 1. The first-order valence-corrected chi connectivity index (χ1v) is 4.72. The molecule has 1 aliphatic rings. The molecule has 0 N–H and O–H groups in total.